The molecule has 0 aliphatic carbocycles. The third kappa shape index (κ3) is 3.65. The molecule has 4 rings (SSSR count). The first-order chi connectivity index (χ1) is 12.0. The first-order valence-electron chi connectivity index (χ1n) is 8.46. The normalized spacial score (nSPS) is 26.6. The summed E-state index contributed by atoms with van der Waals surface area (Å²) in [5.41, 5.74) is 1.02. The highest BCUT2D eigenvalue weighted by Crippen LogP contribution is 2.30. The SMILES string of the molecule is O=S1(=O)CCN(Cc2ccc(F)cc2)[C@@H]2CN(Cc3cccs3)C[C@H]21. The van der Waals surface area contributed by atoms with Crippen molar-refractivity contribution < 1.29 is 12.8 Å². The Kier molecular flexibility index (Phi) is 4.66. The molecule has 0 amide bonds. The molecule has 2 saturated heterocycles. The molecule has 134 valence electrons. The summed E-state index contributed by atoms with van der Waals surface area (Å²) in [5.74, 6) is -0.0341. The summed E-state index contributed by atoms with van der Waals surface area (Å²) < 4.78 is 38.2. The second-order valence-corrected chi connectivity index (χ2v) is 10.2. The summed E-state index contributed by atoms with van der Waals surface area (Å²) in [6, 6.07) is 10.6. The molecule has 25 heavy (non-hydrogen) atoms. The van der Waals surface area contributed by atoms with E-state index >= 15 is 0 Å². The molecular formula is C18H21FN2O2S2. The largest absolute Gasteiger partial charge is 0.295 e. The van der Waals surface area contributed by atoms with Gasteiger partial charge in [-0.25, -0.2) is 12.8 Å². The number of fused-ring (bicyclic) bond motifs is 1. The van der Waals surface area contributed by atoms with Gasteiger partial charge in [0.1, 0.15) is 5.82 Å². The summed E-state index contributed by atoms with van der Waals surface area (Å²) in [4.78, 5) is 5.77. The number of sulfone groups is 1. The minimum atomic E-state index is -3.04. The monoisotopic (exact) mass is 380 g/mol. The zero-order valence-corrected chi connectivity index (χ0v) is 15.5. The first-order valence-corrected chi connectivity index (χ1v) is 11.1. The Morgan fingerprint density at radius 3 is 2.64 bits per heavy atom. The number of benzene rings is 1. The maximum atomic E-state index is 13.1. The predicted molar refractivity (Wildman–Crippen MR) is 97.8 cm³/mol. The van der Waals surface area contributed by atoms with Crippen molar-refractivity contribution in [2.75, 3.05) is 25.4 Å². The maximum Gasteiger partial charge on any atom is 0.157 e. The Morgan fingerprint density at radius 1 is 1.12 bits per heavy atom. The Bertz CT molecular complexity index is 821. The third-order valence-corrected chi connectivity index (χ3v) is 8.16. The Balaban J connectivity index is 1.51. The molecule has 0 radical (unpaired) electrons. The Morgan fingerprint density at radius 2 is 1.92 bits per heavy atom. The van der Waals surface area contributed by atoms with Gasteiger partial charge in [-0.2, -0.15) is 0 Å². The van der Waals surface area contributed by atoms with Crippen LogP contribution in [0.4, 0.5) is 4.39 Å². The van der Waals surface area contributed by atoms with Crippen molar-refractivity contribution in [2.24, 2.45) is 0 Å². The lowest BCUT2D eigenvalue weighted by molar-refractivity contribution is 0.186. The van der Waals surface area contributed by atoms with E-state index < -0.39 is 9.84 Å². The fraction of sp³-hybridized carbons (Fsp3) is 0.444. The molecule has 0 N–H and O–H groups in total. The van der Waals surface area contributed by atoms with E-state index in [0.717, 1.165) is 18.7 Å². The molecule has 2 aliphatic rings. The van der Waals surface area contributed by atoms with Crippen LogP contribution in [0.3, 0.4) is 0 Å². The van der Waals surface area contributed by atoms with E-state index in [9.17, 15) is 12.8 Å². The van der Waals surface area contributed by atoms with E-state index in [1.165, 1.54) is 17.0 Å². The lowest BCUT2D eigenvalue weighted by Crippen LogP contribution is -2.53. The van der Waals surface area contributed by atoms with E-state index in [2.05, 4.69) is 21.2 Å². The van der Waals surface area contributed by atoms with Crippen LogP contribution < -0.4 is 0 Å². The quantitative estimate of drug-likeness (QED) is 0.817. The molecule has 1 aromatic carbocycles. The Labute approximate surface area is 151 Å². The van der Waals surface area contributed by atoms with Gasteiger partial charge in [-0.3, -0.25) is 9.80 Å². The van der Waals surface area contributed by atoms with Crippen LogP contribution in [-0.4, -0.2) is 54.9 Å². The molecule has 0 bridgehead atoms. The second kappa shape index (κ2) is 6.79. The summed E-state index contributed by atoms with van der Waals surface area (Å²) in [5, 5.41) is 1.73. The second-order valence-electron chi connectivity index (χ2n) is 6.84. The summed E-state index contributed by atoms with van der Waals surface area (Å²) in [7, 11) is -3.04. The standard InChI is InChI=1S/C18H21FN2O2S2/c19-15-5-3-14(4-6-15)10-21-7-9-25(22,23)18-13-20(12-17(18)21)11-16-2-1-8-24-16/h1-6,8,17-18H,7,9-13H2/t17-,18-/m1/s1. The van der Waals surface area contributed by atoms with Gasteiger partial charge in [-0.15, -0.1) is 11.3 Å². The van der Waals surface area contributed by atoms with Gasteiger partial charge in [0.25, 0.3) is 0 Å². The Hall–Kier alpha value is -1.28. The van der Waals surface area contributed by atoms with Crippen molar-refractivity contribution in [3.8, 4) is 0 Å². The molecule has 2 fully saturated rings. The van der Waals surface area contributed by atoms with Crippen molar-refractivity contribution in [1.29, 1.82) is 0 Å². The zero-order chi connectivity index (χ0) is 17.4. The minimum Gasteiger partial charge on any atom is -0.295 e. The summed E-state index contributed by atoms with van der Waals surface area (Å²) in [6.45, 7) is 3.40. The van der Waals surface area contributed by atoms with Crippen LogP contribution in [0.15, 0.2) is 41.8 Å². The third-order valence-electron chi connectivity index (χ3n) is 5.16. The van der Waals surface area contributed by atoms with Crippen molar-refractivity contribution in [2.45, 2.75) is 24.4 Å². The van der Waals surface area contributed by atoms with Crippen LogP contribution in [0, 0.1) is 5.82 Å². The van der Waals surface area contributed by atoms with Crippen LogP contribution in [-0.2, 0) is 22.9 Å². The minimum absolute atomic E-state index is 0.0174. The number of nitrogens with zero attached hydrogens (tertiary/aromatic N) is 2. The summed E-state index contributed by atoms with van der Waals surface area (Å²) >= 11 is 1.71. The molecule has 3 heterocycles. The number of likely N-dealkylation sites (tertiary alicyclic amines) is 1. The van der Waals surface area contributed by atoms with Crippen LogP contribution in [0.25, 0.3) is 0 Å². The van der Waals surface area contributed by atoms with Crippen molar-refractivity contribution >= 4 is 21.2 Å². The number of hydrogen-bond donors (Lipinski definition) is 0. The predicted octanol–water partition coefficient (Wildman–Crippen LogP) is 2.37. The van der Waals surface area contributed by atoms with E-state index in [4.69, 9.17) is 0 Å². The zero-order valence-electron chi connectivity index (χ0n) is 13.8. The average Bonchev–Trinajstić information content (AvgIpc) is 3.23. The molecule has 0 spiro atoms. The van der Waals surface area contributed by atoms with Crippen molar-refractivity contribution in [3.63, 3.8) is 0 Å². The fourth-order valence-corrected chi connectivity index (χ4v) is 6.58. The van der Waals surface area contributed by atoms with Gasteiger partial charge in [0.2, 0.25) is 0 Å². The van der Waals surface area contributed by atoms with Crippen LogP contribution in [0.2, 0.25) is 0 Å². The van der Waals surface area contributed by atoms with Crippen LogP contribution in [0.5, 0.6) is 0 Å². The molecular weight excluding hydrogens is 359 g/mol. The average molecular weight is 381 g/mol. The van der Waals surface area contributed by atoms with Gasteiger partial charge in [0.15, 0.2) is 9.84 Å². The first kappa shape index (κ1) is 17.1. The van der Waals surface area contributed by atoms with Gasteiger partial charge in [0.05, 0.1) is 11.0 Å². The van der Waals surface area contributed by atoms with E-state index in [0.29, 0.717) is 19.6 Å². The van der Waals surface area contributed by atoms with Crippen molar-refractivity contribution in [3.05, 3.63) is 58.0 Å². The van der Waals surface area contributed by atoms with Gasteiger partial charge < -0.3 is 0 Å². The van der Waals surface area contributed by atoms with Crippen LogP contribution in [0.1, 0.15) is 10.4 Å². The van der Waals surface area contributed by atoms with E-state index in [1.54, 1.807) is 23.5 Å². The highest BCUT2D eigenvalue weighted by molar-refractivity contribution is 7.92. The smallest absolute Gasteiger partial charge is 0.157 e. The molecule has 2 atom stereocenters. The fourth-order valence-electron chi connectivity index (χ4n) is 3.87. The summed E-state index contributed by atoms with van der Waals surface area (Å²) in [6.07, 6.45) is 0. The number of halogens is 1. The molecule has 1 aromatic heterocycles. The molecule has 0 saturated carbocycles. The maximum absolute atomic E-state index is 13.1. The topological polar surface area (TPSA) is 40.6 Å². The number of thiophene rings is 1. The lowest BCUT2D eigenvalue weighted by atomic mass is 10.1. The number of hydrogen-bond acceptors (Lipinski definition) is 5. The molecule has 0 unspecified atom stereocenters. The molecule has 2 aliphatic heterocycles. The molecule has 7 heteroatoms. The number of rotatable bonds is 4. The van der Waals surface area contributed by atoms with E-state index in [-0.39, 0.29) is 22.9 Å². The van der Waals surface area contributed by atoms with Crippen LogP contribution >= 0.6 is 11.3 Å². The van der Waals surface area contributed by atoms with Gasteiger partial charge in [0, 0.05) is 43.6 Å². The van der Waals surface area contributed by atoms with Gasteiger partial charge in [-0.05, 0) is 29.1 Å². The molecule has 4 nitrogen and oxygen atoms in total. The van der Waals surface area contributed by atoms with E-state index in [1.807, 2.05) is 6.07 Å². The highest BCUT2D eigenvalue weighted by Gasteiger charge is 2.47. The highest BCUT2D eigenvalue weighted by atomic mass is 32.2. The lowest BCUT2D eigenvalue weighted by Gasteiger charge is -2.36. The van der Waals surface area contributed by atoms with Crippen molar-refractivity contribution in [1.82, 2.24) is 9.80 Å². The van der Waals surface area contributed by atoms with Gasteiger partial charge in [-0.1, -0.05) is 18.2 Å². The molecule has 2 aromatic rings. The van der Waals surface area contributed by atoms with Gasteiger partial charge >= 0.3 is 0 Å².